The number of nitrogens with zero attached hydrogens (tertiary/aromatic N) is 2. The maximum Gasteiger partial charge on any atom is 0.263 e. The highest BCUT2D eigenvalue weighted by Gasteiger charge is 2.19. The molecule has 6 nitrogen and oxygen atoms in total. The molecule has 0 unspecified atom stereocenters. The number of hydrogen-bond donors (Lipinski definition) is 1. The normalized spacial score (nSPS) is 11.3. The summed E-state index contributed by atoms with van der Waals surface area (Å²) in [4.78, 5) is 8.23. The van der Waals surface area contributed by atoms with Crippen molar-refractivity contribution in [3.8, 4) is 5.88 Å². The van der Waals surface area contributed by atoms with Gasteiger partial charge < -0.3 is 4.74 Å². The first-order valence-electron chi connectivity index (χ1n) is 6.86. The van der Waals surface area contributed by atoms with Crippen molar-refractivity contribution in [1.82, 2.24) is 9.97 Å². The van der Waals surface area contributed by atoms with Crippen LogP contribution in [0, 0.1) is 0 Å². The fourth-order valence-electron chi connectivity index (χ4n) is 1.64. The molecular weight excluding hydrogens is 406 g/mol. The van der Waals surface area contributed by atoms with Crippen LogP contribution in [0.25, 0.3) is 0 Å². The van der Waals surface area contributed by atoms with Gasteiger partial charge >= 0.3 is 0 Å². The fraction of sp³-hybridized carbons (Fsp3) is 0.286. The molecule has 0 atom stereocenters. The molecule has 0 bridgehead atoms. The molecule has 1 aromatic heterocycles. The number of aromatic nitrogens is 2. The van der Waals surface area contributed by atoms with Crippen molar-refractivity contribution in [2.45, 2.75) is 24.7 Å². The van der Waals surface area contributed by atoms with Gasteiger partial charge in [0.2, 0.25) is 5.82 Å². The second-order valence-corrected chi connectivity index (χ2v) is 7.54. The van der Waals surface area contributed by atoms with Crippen molar-refractivity contribution < 1.29 is 13.2 Å². The molecule has 0 spiro atoms. The predicted octanol–water partition coefficient (Wildman–Crippen LogP) is 3.87. The van der Waals surface area contributed by atoms with Crippen LogP contribution in [0.15, 0.2) is 40.0 Å². The number of ether oxygens (including phenoxy) is 1. The molecule has 0 radical (unpaired) electrons. The molecule has 2 aromatic rings. The summed E-state index contributed by atoms with van der Waals surface area (Å²) < 4.78 is 33.1. The van der Waals surface area contributed by atoms with Gasteiger partial charge in [-0.15, -0.1) is 0 Å². The number of sulfonamides is 1. The van der Waals surface area contributed by atoms with Gasteiger partial charge in [0, 0.05) is 5.02 Å². The van der Waals surface area contributed by atoms with Crippen LogP contribution in [0.3, 0.4) is 0 Å². The van der Waals surface area contributed by atoms with Crippen LogP contribution in [-0.4, -0.2) is 25.0 Å². The van der Waals surface area contributed by atoms with Gasteiger partial charge in [-0.05, 0) is 46.6 Å². The van der Waals surface area contributed by atoms with E-state index in [1.54, 1.807) is 0 Å². The van der Waals surface area contributed by atoms with Gasteiger partial charge in [0.05, 0.1) is 17.7 Å². The number of unbranched alkanes of at least 4 members (excludes halogenated alkanes) is 1. The van der Waals surface area contributed by atoms with Crippen molar-refractivity contribution in [2.75, 3.05) is 11.3 Å². The van der Waals surface area contributed by atoms with Crippen LogP contribution in [0.4, 0.5) is 5.82 Å². The molecule has 0 saturated heterocycles. The first kappa shape index (κ1) is 18.0. The third-order valence-electron chi connectivity index (χ3n) is 2.80. The Morgan fingerprint density at radius 2 is 2.00 bits per heavy atom. The summed E-state index contributed by atoms with van der Waals surface area (Å²) in [6.07, 6.45) is 3.18. The highest BCUT2D eigenvalue weighted by atomic mass is 79.9. The number of benzene rings is 1. The quantitative estimate of drug-likeness (QED) is 0.688. The highest BCUT2D eigenvalue weighted by molar-refractivity contribution is 9.10. The van der Waals surface area contributed by atoms with E-state index in [4.69, 9.17) is 16.3 Å². The monoisotopic (exact) mass is 419 g/mol. The van der Waals surface area contributed by atoms with Gasteiger partial charge in [-0.2, -0.15) is 0 Å². The lowest BCUT2D eigenvalue weighted by molar-refractivity contribution is 0.298. The molecule has 0 fully saturated rings. The third kappa shape index (κ3) is 5.05. The molecule has 1 heterocycles. The molecule has 1 aromatic carbocycles. The standard InChI is InChI=1S/C14H15BrClN3O3S/c1-2-3-8-22-14-13(17-9-12(15)18-14)19-23(20,21)11-6-4-10(16)5-7-11/h4-7,9H,2-3,8H2,1H3,(H,17,19). The van der Waals surface area contributed by atoms with E-state index in [-0.39, 0.29) is 16.6 Å². The van der Waals surface area contributed by atoms with Crippen LogP contribution >= 0.6 is 27.5 Å². The van der Waals surface area contributed by atoms with Gasteiger partial charge in [-0.3, -0.25) is 4.72 Å². The first-order chi connectivity index (χ1) is 10.9. The van der Waals surface area contributed by atoms with E-state index >= 15 is 0 Å². The Morgan fingerprint density at radius 3 is 2.65 bits per heavy atom. The molecule has 0 amide bonds. The van der Waals surface area contributed by atoms with Crippen molar-refractivity contribution >= 4 is 43.4 Å². The Kier molecular flexibility index (Phi) is 6.20. The maximum atomic E-state index is 12.4. The molecule has 0 aliphatic heterocycles. The summed E-state index contributed by atoms with van der Waals surface area (Å²) in [5, 5.41) is 0.455. The molecule has 23 heavy (non-hydrogen) atoms. The van der Waals surface area contributed by atoms with E-state index in [0.29, 0.717) is 16.2 Å². The van der Waals surface area contributed by atoms with Gasteiger partial charge in [-0.25, -0.2) is 18.4 Å². The zero-order valence-electron chi connectivity index (χ0n) is 12.3. The SMILES string of the molecule is CCCCOc1nc(Br)cnc1NS(=O)(=O)c1ccc(Cl)cc1. The van der Waals surface area contributed by atoms with Crippen LogP contribution < -0.4 is 9.46 Å². The zero-order valence-corrected chi connectivity index (χ0v) is 15.4. The Balaban J connectivity index is 2.26. The Hall–Kier alpha value is -1.38. The lowest BCUT2D eigenvalue weighted by atomic mass is 10.4. The molecule has 0 aliphatic rings. The molecular formula is C14H15BrClN3O3S. The molecule has 124 valence electrons. The topological polar surface area (TPSA) is 81.2 Å². The average molecular weight is 421 g/mol. The van der Waals surface area contributed by atoms with E-state index in [9.17, 15) is 8.42 Å². The fourth-order valence-corrected chi connectivity index (χ4v) is 3.03. The largest absolute Gasteiger partial charge is 0.475 e. The second-order valence-electron chi connectivity index (χ2n) is 4.61. The maximum absolute atomic E-state index is 12.4. The van der Waals surface area contributed by atoms with Gasteiger partial charge in [0.1, 0.15) is 4.60 Å². The number of hydrogen-bond acceptors (Lipinski definition) is 5. The molecule has 0 saturated carbocycles. The van der Waals surface area contributed by atoms with E-state index in [0.717, 1.165) is 12.8 Å². The van der Waals surface area contributed by atoms with E-state index in [1.165, 1.54) is 30.5 Å². The minimum Gasteiger partial charge on any atom is -0.475 e. The van der Waals surface area contributed by atoms with Crippen molar-refractivity contribution in [3.63, 3.8) is 0 Å². The average Bonchev–Trinajstić information content (AvgIpc) is 2.50. The number of rotatable bonds is 7. The van der Waals surface area contributed by atoms with E-state index < -0.39 is 10.0 Å². The van der Waals surface area contributed by atoms with Crippen LogP contribution in [-0.2, 0) is 10.0 Å². The van der Waals surface area contributed by atoms with Crippen LogP contribution in [0.2, 0.25) is 5.02 Å². The summed E-state index contributed by atoms with van der Waals surface area (Å²) in [6, 6.07) is 5.83. The lowest BCUT2D eigenvalue weighted by Gasteiger charge is -2.12. The summed E-state index contributed by atoms with van der Waals surface area (Å²) >= 11 is 8.97. The highest BCUT2D eigenvalue weighted by Crippen LogP contribution is 2.25. The van der Waals surface area contributed by atoms with E-state index in [1.807, 2.05) is 6.92 Å². The Morgan fingerprint density at radius 1 is 1.30 bits per heavy atom. The minimum absolute atomic E-state index is 0.0410. The third-order valence-corrected chi connectivity index (χ3v) is 4.79. The van der Waals surface area contributed by atoms with Crippen molar-refractivity contribution in [2.24, 2.45) is 0 Å². The molecule has 1 N–H and O–H groups in total. The predicted molar refractivity (Wildman–Crippen MR) is 92.4 cm³/mol. The zero-order chi connectivity index (χ0) is 16.9. The smallest absolute Gasteiger partial charge is 0.263 e. The molecule has 9 heteroatoms. The first-order valence-corrected chi connectivity index (χ1v) is 9.51. The van der Waals surface area contributed by atoms with Gasteiger partial charge in [-0.1, -0.05) is 24.9 Å². The number of nitrogens with one attached hydrogen (secondary N) is 1. The van der Waals surface area contributed by atoms with Crippen LogP contribution in [0.5, 0.6) is 5.88 Å². The number of halogens is 2. The lowest BCUT2D eigenvalue weighted by Crippen LogP contribution is -2.15. The van der Waals surface area contributed by atoms with Gasteiger partial charge in [0.25, 0.3) is 15.9 Å². The summed E-state index contributed by atoms with van der Waals surface area (Å²) in [6.45, 7) is 2.46. The number of anilines is 1. The Bertz CT molecular complexity index is 769. The summed E-state index contributed by atoms with van der Waals surface area (Å²) in [5.41, 5.74) is 0. The van der Waals surface area contributed by atoms with Crippen LogP contribution in [0.1, 0.15) is 19.8 Å². The minimum atomic E-state index is -3.80. The second kappa shape index (κ2) is 7.94. The van der Waals surface area contributed by atoms with E-state index in [2.05, 4.69) is 30.6 Å². The van der Waals surface area contributed by atoms with Crippen molar-refractivity contribution in [1.29, 1.82) is 0 Å². The van der Waals surface area contributed by atoms with Crippen molar-refractivity contribution in [3.05, 3.63) is 40.1 Å². The molecule has 0 aliphatic carbocycles. The Labute approximate surface area is 148 Å². The molecule has 2 rings (SSSR count). The summed E-state index contributed by atoms with van der Waals surface area (Å²) in [7, 11) is -3.80. The summed E-state index contributed by atoms with van der Waals surface area (Å²) in [5.74, 6) is 0.171. The van der Waals surface area contributed by atoms with Gasteiger partial charge in [0.15, 0.2) is 0 Å².